The van der Waals surface area contributed by atoms with Crippen molar-refractivity contribution in [1.29, 1.82) is 0 Å². The molecule has 0 fully saturated rings. The van der Waals surface area contributed by atoms with Crippen LogP contribution in [-0.2, 0) is 15.0 Å². The molecular formula is C16H24N2O3. The molecule has 0 saturated carbocycles. The van der Waals surface area contributed by atoms with E-state index in [4.69, 9.17) is 0 Å². The summed E-state index contributed by atoms with van der Waals surface area (Å²) in [5, 5.41) is 12.4. The number of carboxylic acid groups (broad SMARTS) is 1. The molecule has 1 amide bonds. The molecule has 2 atom stereocenters. The van der Waals surface area contributed by atoms with Gasteiger partial charge in [0.25, 0.3) is 0 Å². The van der Waals surface area contributed by atoms with Gasteiger partial charge < -0.3 is 15.3 Å². The molecule has 0 aliphatic heterocycles. The fraction of sp³-hybridized carbons (Fsp3) is 0.500. The van der Waals surface area contributed by atoms with Gasteiger partial charge in [0.15, 0.2) is 0 Å². The minimum atomic E-state index is -1.22. The molecule has 5 nitrogen and oxygen atoms in total. The van der Waals surface area contributed by atoms with E-state index in [1.807, 2.05) is 32.0 Å². The zero-order valence-electron chi connectivity index (χ0n) is 13.1. The number of rotatable bonds is 7. The van der Waals surface area contributed by atoms with Crippen molar-refractivity contribution < 1.29 is 14.7 Å². The minimum absolute atomic E-state index is 0.0266. The van der Waals surface area contributed by atoms with E-state index in [2.05, 4.69) is 5.32 Å². The largest absolute Gasteiger partial charge is 0.481 e. The standard InChI is InChI=1S/C16H24N2O3/c1-12(11-18(3)4)17-14(19)10-16(2,15(20)21)13-8-6-5-7-9-13/h5-9,12H,10-11H2,1-4H3,(H,17,19)(H,20,21). The van der Waals surface area contributed by atoms with E-state index in [-0.39, 0.29) is 18.4 Å². The maximum absolute atomic E-state index is 12.1. The number of carbonyl (C=O) groups excluding carboxylic acids is 1. The van der Waals surface area contributed by atoms with Crippen LogP contribution in [0.15, 0.2) is 30.3 Å². The molecular weight excluding hydrogens is 268 g/mol. The van der Waals surface area contributed by atoms with Crippen LogP contribution in [0.3, 0.4) is 0 Å². The summed E-state index contributed by atoms with van der Waals surface area (Å²) in [4.78, 5) is 25.7. The fourth-order valence-electron chi connectivity index (χ4n) is 2.35. The normalized spacial score (nSPS) is 15.3. The topological polar surface area (TPSA) is 69.6 Å². The number of aliphatic carboxylic acids is 1. The van der Waals surface area contributed by atoms with Gasteiger partial charge in [0.2, 0.25) is 5.91 Å². The zero-order chi connectivity index (χ0) is 16.0. The summed E-state index contributed by atoms with van der Waals surface area (Å²) < 4.78 is 0. The van der Waals surface area contributed by atoms with Crippen LogP contribution in [0.2, 0.25) is 0 Å². The average Bonchev–Trinajstić information content (AvgIpc) is 2.37. The van der Waals surface area contributed by atoms with Crippen molar-refractivity contribution in [2.24, 2.45) is 0 Å². The van der Waals surface area contributed by atoms with Gasteiger partial charge in [-0.15, -0.1) is 0 Å². The lowest BCUT2D eigenvalue weighted by Crippen LogP contribution is -2.44. The Bertz CT molecular complexity index is 488. The van der Waals surface area contributed by atoms with E-state index in [1.54, 1.807) is 31.2 Å². The molecule has 5 heteroatoms. The molecule has 0 heterocycles. The highest BCUT2D eigenvalue weighted by molar-refractivity contribution is 5.89. The smallest absolute Gasteiger partial charge is 0.314 e. The molecule has 1 rings (SSSR count). The molecule has 0 bridgehead atoms. The number of benzene rings is 1. The van der Waals surface area contributed by atoms with E-state index in [1.165, 1.54) is 0 Å². The average molecular weight is 292 g/mol. The van der Waals surface area contributed by atoms with E-state index in [0.29, 0.717) is 12.1 Å². The molecule has 0 aliphatic rings. The van der Waals surface area contributed by atoms with Gasteiger partial charge in [-0.3, -0.25) is 9.59 Å². The van der Waals surface area contributed by atoms with Gasteiger partial charge in [-0.1, -0.05) is 30.3 Å². The predicted octanol–water partition coefficient (Wildman–Crippen LogP) is 1.49. The summed E-state index contributed by atoms with van der Waals surface area (Å²) in [5.41, 5.74) is -0.587. The molecule has 2 N–H and O–H groups in total. The summed E-state index contributed by atoms with van der Waals surface area (Å²) in [6.07, 6.45) is -0.0793. The summed E-state index contributed by atoms with van der Waals surface area (Å²) in [7, 11) is 3.85. The van der Waals surface area contributed by atoms with Gasteiger partial charge in [-0.05, 0) is 33.5 Å². The van der Waals surface area contributed by atoms with Crippen molar-refractivity contribution in [1.82, 2.24) is 10.2 Å². The van der Waals surface area contributed by atoms with Crippen LogP contribution in [0.25, 0.3) is 0 Å². The first-order valence-electron chi connectivity index (χ1n) is 6.98. The number of hydrogen-bond acceptors (Lipinski definition) is 3. The number of amides is 1. The third-order valence-electron chi connectivity index (χ3n) is 3.44. The number of nitrogens with zero attached hydrogens (tertiary/aromatic N) is 1. The second kappa shape index (κ2) is 7.22. The quantitative estimate of drug-likeness (QED) is 0.799. The Labute approximate surface area is 126 Å². The monoisotopic (exact) mass is 292 g/mol. The maximum atomic E-state index is 12.1. The first-order valence-corrected chi connectivity index (χ1v) is 6.98. The highest BCUT2D eigenvalue weighted by atomic mass is 16.4. The highest BCUT2D eigenvalue weighted by Gasteiger charge is 2.37. The van der Waals surface area contributed by atoms with E-state index in [0.717, 1.165) is 0 Å². The summed E-state index contributed by atoms with van der Waals surface area (Å²) >= 11 is 0. The molecule has 1 aromatic carbocycles. The number of carbonyl (C=O) groups is 2. The van der Waals surface area contributed by atoms with E-state index in [9.17, 15) is 14.7 Å². The minimum Gasteiger partial charge on any atom is -0.481 e. The van der Waals surface area contributed by atoms with Crippen molar-refractivity contribution in [3.8, 4) is 0 Å². The second-order valence-corrected chi connectivity index (χ2v) is 5.91. The summed E-state index contributed by atoms with van der Waals surface area (Å²) in [6.45, 7) is 4.19. The van der Waals surface area contributed by atoms with Gasteiger partial charge >= 0.3 is 5.97 Å². The van der Waals surface area contributed by atoms with Crippen molar-refractivity contribution in [3.05, 3.63) is 35.9 Å². The Morgan fingerprint density at radius 3 is 2.33 bits per heavy atom. The highest BCUT2D eigenvalue weighted by Crippen LogP contribution is 2.28. The molecule has 0 aliphatic carbocycles. The Morgan fingerprint density at radius 2 is 1.86 bits per heavy atom. The lowest BCUT2D eigenvalue weighted by Gasteiger charge is -2.26. The third kappa shape index (κ3) is 4.86. The van der Waals surface area contributed by atoms with Crippen LogP contribution in [0, 0.1) is 0 Å². The van der Waals surface area contributed by atoms with Crippen LogP contribution in [0.4, 0.5) is 0 Å². The Balaban J connectivity index is 2.80. The number of carboxylic acids is 1. The molecule has 0 radical (unpaired) electrons. The van der Waals surface area contributed by atoms with Crippen LogP contribution in [0.1, 0.15) is 25.8 Å². The molecule has 116 valence electrons. The number of nitrogens with one attached hydrogen (secondary N) is 1. The van der Waals surface area contributed by atoms with Gasteiger partial charge in [-0.2, -0.15) is 0 Å². The summed E-state index contributed by atoms with van der Waals surface area (Å²) in [5.74, 6) is -1.25. The van der Waals surface area contributed by atoms with Crippen LogP contribution in [0.5, 0.6) is 0 Å². The van der Waals surface area contributed by atoms with Gasteiger partial charge in [-0.25, -0.2) is 0 Å². The summed E-state index contributed by atoms with van der Waals surface area (Å²) in [6, 6.07) is 8.84. The maximum Gasteiger partial charge on any atom is 0.314 e. The first kappa shape index (κ1) is 17.2. The van der Waals surface area contributed by atoms with E-state index < -0.39 is 11.4 Å². The van der Waals surface area contributed by atoms with Crippen molar-refractivity contribution >= 4 is 11.9 Å². The van der Waals surface area contributed by atoms with Crippen LogP contribution >= 0.6 is 0 Å². The molecule has 2 unspecified atom stereocenters. The molecule has 0 spiro atoms. The Kier molecular flexibility index (Phi) is 5.90. The Morgan fingerprint density at radius 1 is 1.29 bits per heavy atom. The zero-order valence-corrected chi connectivity index (χ0v) is 13.1. The van der Waals surface area contributed by atoms with Crippen molar-refractivity contribution in [2.45, 2.75) is 31.7 Å². The number of hydrogen-bond donors (Lipinski definition) is 2. The van der Waals surface area contributed by atoms with Gasteiger partial charge in [0, 0.05) is 19.0 Å². The SMILES string of the molecule is CC(CN(C)C)NC(=O)CC(C)(C(=O)O)c1ccccc1. The fourth-order valence-corrected chi connectivity index (χ4v) is 2.35. The third-order valence-corrected chi connectivity index (χ3v) is 3.44. The van der Waals surface area contributed by atoms with Gasteiger partial charge in [0.1, 0.15) is 0 Å². The molecule has 21 heavy (non-hydrogen) atoms. The second-order valence-electron chi connectivity index (χ2n) is 5.91. The van der Waals surface area contributed by atoms with Crippen molar-refractivity contribution in [3.63, 3.8) is 0 Å². The molecule has 0 saturated heterocycles. The molecule has 0 aromatic heterocycles. The van der Waals surface area contributed by atoms with Crippen molar-refractivity contribution in [2.75, 3.05) is 20.6 Å². The Hall–Kier alpha value is -1.88. The van der Waals surface area contributed by atoms with E-state index >= 15 is 0 Å². The van der Waals surface area contributed by atoms with Crippen LogP contribution < -0.4 is 5.32 Å². The van der Waals surface area contributed by atoms with Crippen LogP contribution in [-0.4, -0.2) is 48.6 Å². The predicted molar refractivity (Wildman–Crippen MR) is 82.2 cm³/mol. The van der Waals surface area contributed by atoms with Gasteiger partial charge in [0.05, 0.1) is 5.41 Å². The number of likely N-dealkylation sites (N-methyl/N-ethyl adjacent to an activating group) is 1. The first-order chi connectivity index (χ1) is 9.75. The lowest BCUT2D eigenvalue weighted by atomic mass is 9.79. The molecule has 1 aromatic rings. The lowest BCUT2D eigenvalue weighted by molar-refractivity contribution is -0.145.